The highest BCUT2D eigenvalue weighted by molar-refractivity contribution is 5.80. The largest absolute Gasteiger partial charge is 0.372 e. The van der Waals surface area contributed by atoms with E-state index in [-0.39, 0.29) is 18.1 Å². The Morgan fingerprint density at radius 1 is 1.75 bits per heavy atom. The van der Waals surface area contributed by atoms with E-state index in [1.807, 2.05) is 0 Å². The van der Waals surface area contributed by atoms with Gasteiger partial charge in [0.1, 0.15) is 6.10 Å². The van der Waals surface area contributed by atoms with Crippen LogP contribution in [-0.2, 0) is 9.53 Å². The van der Waals surface area contributed by atoms with Crippen molar-refractivity contribution < 1.29 is 9.53 Å². The van der Waals surface area contributed by atoms with E-state index in [1.165, 1.54) is 0 Å². The maximum absolute atomic E-state index is 11.5. The second kappa shape index (κ2) is 3.87. The lowest BCUT2D eigenvalue weighted by molar-refractivity contribution is -0.139. The highest BCUT2D eigenvalue weighted by Crippen LogP contribution is 2.09. The molecule has 0 bridgehead atoms. The Kier molecular flexibility index (Phi) is 3.05. The number of nitrogens with two attached hydrogens (primary N) is 1. The molecular formula is C8H16N2O2. The van der Waals surface area contributed by atoms with Crippen molar-refractivity contribution in [2.75, 3.05) is 20.2 Å². The first-order chi connectivity index (χ1) is 5.65. The summed E-state index contributed by atoms with van der Waals surface area (Å²) in [6, 6.07) is 0.151. The molecule has 0 aliphatic carbocycles. The van der Waals surface area contributed by atoms with Crippen molar-refractivity contribution in [2.24, 2.45) is 5.73 Å². The standard InChI is InChI=1S/C8H16N2O2/c1-6(12-2)8(11)10-4-3-7(9)5-10/h6-7H,3-5,9H2,1-2H3/t6?,7-/m1/s1. The Hall–Kier alpha value is -0.610. The number of hydrogen-bond acceptors (Lipinski definition) is 3. The first kappa shape index (κ1) is 9.48. The van der Waals surface area contributed by atoms with Crippen LogP contribution in [0.1, 0.15) is 13.3 Å². The van der Waals surface area contributed by atoms with Crippen molar-refractivity contribution in [1.82, 2.24) is 4.90 Å². The lowest BCUT2D eigenvalue weighted by atomic mass is 10.3. The molecule has 1 rings (SSSR count). The highest BCUT2D eigenvalue weighted by Gasteiger charge is 2.26. The van der Waals surface area contributed by atoms with Crippen LogP contribution in [-0.4, -0.2) is 43.2 Å². The van der Waals surface area contributed by atoms with Gasteiger partial charge in [-0.2, -0.15) is 0 Å². The summed E-state index contributed by atoms with van der Waals surface area (Å²) in [7, 11) is 1.54. The number of hydrogen-bond donors (Lipinski definition) is 1. The molecule has 1 saturated heterocycles. The van der Waals surface area contributed by atoms with E-state index in [4.69, 9.17) is 10.5 Å². The fourth-order valence-electron chi connectivity index (χ4n) is 1.35. The zero-order valence-electron chi connectivity index (χ0n) is 7.62. The molecule has 4 heteroatoms. The molecule has 0 aromatic rings. The molecule has 1 aliphatic heterocycles. The second-order valence-electron chi connectivity index (χ2n) is 3.21. The lowest BCUT2D eigenvalue weighted by Gasteiger charge is -2.19. The van der Waals surface area contributed by atoms with E-state index in [9.17, 15) is 4.79 Å². The SMILES string of the molecule is COC(C)C(=O)N1CC[C@@H](N)C1. The molecule has 0 aromatic carbocycles. The third-order valence-corrected chi connectivity index (χ3v) is 2.24. The van der Waals surface area contributed by atoms with Crippen LogP contribution < -0.4 is 5.73 Å². The molecule has 0 saturated carbocycles. The number of carbonyl (C=O) groups is 1. The minimum absolute atomic E-state index is 0.0467. The van der Waals surface area contributed by atoms with Gasteiger partial charge in [0.05, 0.1) is 0 Å². The minimum Gasteiger partial charge on any atom is -0.372 e. The average molecular weight is 172 g/mol. The molecule has 1 fully saturated rings. The summed E-state index contributed by atoms with van der Waals surface area (Å²) in [6.45, 7) is 3.20. The number of amides is 1. The third-order valence-electron chi connectivity index (χ3n) is 2.24. The van der Waals surface area contributed by atoms with Crippen molar-refractivity contribution in [1.29, 1.82) is 0 Å². The summed E-state index contributed by atoms with van der Waals surface area (Å²) in [5, 5.41) is 0. The fraction of sp³-hybridized carbons (Fsp3) is 0.875. The normalized spacial score (nSPS) is 25.9. The Morgan fingerprint density at radius 2 is 2.42 bits per heavy atom. The van der Waals surface area contributed by atoms with E-state index in [2.05, 4.69) is 0 Å². The van der Waals surface area contributed by atoms with Gasteiger partial charge in [0, 0.05) is 26.2 Å². The second-order valence-corrected chi connectivity index (χ2v) is 3.21. The monoisotopic (exact) mass is 172 g/mol. The molecule has 0 aromatic heterocycles. The fourth-order valence-corrected chi connectivity index (χ4v) is 1.35. The summed E-state index contributed by atoms with van der Waals surface area (Å²) in [5.41, 5.74) is 5.67. The van der Waals surface area contributed by atoms with Gasteiger partial charge in [-0.1, -0.05) is 0 Å². The van der Waals surface area contributed by atoms with Crippen LogP contribution in [0.5, 0.6) is 0 Å². The van der Waals surface area contributed by atoms with Crippen LogP contribution in [0.3, 0.4) is 0 Å². The first-order valence-corrected chi connectivity index (χ1v) is 4.22. The molecule has 1 aliphatic rings. The van der Waals surface area contributed by atoms with Crippen molar-refractivity contribution in [3.63, 3.8) is 0 Å². The van der Waals surface area contributed by atoms with Gasteiger partial charge in [-0.25, -0.2) is 0 Å². The Balaban J connectivity index is 2.43. The first-order valence-electron chi connectivity index (χ1n) is 4.22. The number of rotatable bonds is 2. The Bertz CT molecular complexity index is 172. The number of likely N-dealkylation sites (tertiary alicyclic amines) is 1. The molecule has 4 nitrogen and oxygen atoms in total. The van der Waals surface area contributed by atoms with Gasteiger partial charge in [-0.15, -0.1) is 0 Å². The predicted molar refractivity (Wildman–Crippen MR) is 45.6 cm³/mol. The quantitative estimate of drug-likeness (QED) is 0.615. The van der Waals surface area contributed by atoms with E-state index >= 15 is 0 Å². The number of methoxy groups -OCH3 is 1. The van der Waals surface area contributed by atoms with Gasteiger partial charge < -0.3 is 15.4 Å². The average Bonchev–Trinajstić information content (AvgIpc) is 2.49. The molecule has 0 spiro atoms. The Morgan fingerprint density at radius 3 is 2.83 bits per heavy atom. The summed E-state index contributed by atoms with van der Waals surface area (Å²) in [4.78, 5) is 13.2. The van der Waals surface area contributed by atoms with E-state index in [1.54, 1.807) is 18.9 Å². The molecule has 0 radical (unpaired) electrons. The van der Waals surface area contributed by atoms with Crippen LogP contribution in [0, 0.1) is 0 Å². The summed E-state index contributed by atoms with van der Waals surface area (Å²) in [6.07, 6.45) is 0.567. The molecular weight excluding hydrogens is 156 g/mol. The van der Waals surface area contributed by atoms with Crippen LogP contribution in [0.15, 0.2) is 0 Å². The Labute approximate surface area is 72.7 Å². The smallest absolute Gasteiger partial charge is 0.251 e. The summed E-state index contributed by atoms with van der Waals surface area (Å²) >= 11 is 0. The van der Waals surface area contributed by atoms with Crippen LogP contribution >= 0.6 is 0 Å². The summed E-state index contributed by atoms with van der Waals surface area (Å²) in [5.74, 6) is 0.0467. The molecule has 2 N–H and O–H groups in total. The predicted octanol–water partition coefficient (Wildman–Crippen LogP) is -0.419. The highest BCUT2D eigenvalue weighted by atomic mass is 16.5. The van der Waals surface area contributed by atoms with Crippen molar-refractivity contribution >= 4 is 5.91 Å². The number of carbonyl (C=O) groups excluding carboxylic acids is 1. The number of nitrogens with zero attached hydrogens (tertiary/aromatic N) is 1. The minimum atomic E-state index is -0.338. The van der Waals surface area contributed by atoms with Gasteiger partial charge in [0.2, 0.25) is 0 Å². The van der Waals surface area contributed by atoms with Crippen LogP contribution in [0.4, 0.5) is 0 Å². The molecule has 70 valence electrons. The van der Waals surface area contributed by atoms with Gasteiger partial charge in [0.25, 0.3) is 5.91 Å². The molecule has 12 heavy (non-hydrogen) atoms. The maximum Gasteiger partial charge on any atom is 0.251 e. The van der Waals surface area contributed by atoms with E-state index in [0.29, 0.717) is 6.54 Å². The van der Waals surface area contributed by atoms with Gasteiger partial charge in [-0.3, -0.25) is 4.79 Å². The molecule has 2 atom stereocenters. The van der Waals surface area contributed by atoms with Gasteiger partial charge in [0.15, 0.2) is 0 Å². The summed E-state index contributed by atoms with van der Waals surface area (Å²) < 4.78 is 4.93. The van der Waals surface area contributed by atoms with Crippen molar-refractivity contribution in [3.05, 3.63) is 0 Å². The molecule has 1 heterocycles. The zero-order chi connectivity index (χ0) is 9.14. The zero-order valence-corrected chi connectivity index (χ0v) is 7.62. The van der Waals surface area contributed by atoms with Crippen molar-refractivity contribution in [2.45, 2.75) is 25.5 Å². The molecule has 1 amide bonds. The number of ether oxygens (including phenoxy) is 1. The topological polar surface area (TPSA) is 55.6 Å². The third kappa shape index (κ3) is 1.95. The van der Waals surface area contributed by atoms with E-state index in [0.717, 1.165) is 13.0 Å². The maximum atomic E-state index is 11.5. The van der Waals surface area contributed by atoms with Gasteiger partial charge >= 0.3 is 0 Å². The lowest BCUT2D eigenvalue weighted by Crippen LogP contribution is -2.38. The van der Waals surface area contributed by atoms with Crippen molar-refractivity contribution in [3.8, 4) is 0 Å². The van der Waals surface area contributed by atoms with Gasteiger partial charge in [-0.05, 0) is 13.3 Å². The van der Waals surface area contributed by atoms with Crippen LogP contribution in [0.25, 0.3) is 0 Å². The van der Waals surface area contributed by atoms with Crippen LogP contribution in [0.2, 0.25) is 0 Å². The van der Waals surface area contributed by atoms with E-state index < -0.39 is 0 Å². The molecule has 1 unspecified atom stereocenters.